The Morgan fingerprint density at radius 1 is 1.19 bits per heavy atom. The second-order valence-electron chi connectivity index (χ2n) is 6.00. The number of aromatic nitrogens is 2. The van der Waals surface area contributed by atoms with Crippen molar-refractivity contribution < 1.29 is 9.47 Å². The van der Waals surface area contributed by atoms with E-state index in [1.54, 1.807) is 7.05 Å². The van der Waals surface area contributed by atoms with Gasteiger partial charge in [0.05, 0.1) is 5.52 Å². The van der Waals surface area contributed by atoms with Crippen molar-refractivity contribution in [3.8, 4) is 11.5 Å². The van der Waals surface area contributed by atoms with E-state index in [2.05, 4.69) is 15.3 Å². The van der Waals surface area contributed by atoms with Crippen LogP contribution < -0.4 is 20.5 Å². The molecule has 7 nitrogen and oxygen atoms in total. The molecule has 0 saturated heterocycles. The fraction of sp³-hybridized carbons (Fsp3) is 0.211. The first-order valence-electron chi connectivity index (χ1n) is 8.28. The van der Waals surface area contributed by atoms with Gasteiger partial charge in [0.15, 0.2) is 17.5 Å². The van der Waals surface area contributed by atoms with E-state index in [9.17, 15) is 0 Å². The van der Waals surface area contributed by atoms with Crippen molar-refractivity contribution in [1.29, 1.82) is 0 Å². The zero-order valence-electron chi connectivity index (χ0n) is 14.6. The summed E-state index contributed by atoms with van der Waals surface area (Å²) in [6.07, 6.45) is 0.575. The molecule has 132 valence electrons. The molecule has 7 heteroatoms. The van der Waals surface area contributed by atoms with Crippen LogP contribution >= 0.6 is 0 Å². The maximum Gasteiger partial charge on any atom is 0.231 e. The molecule has 1 aromatic heterocycles. The molecule has 0 bridgehead atoms. The van der Waals surface area contributed by atoms with Gasteiger partial charge in [0.1, 0.15) is 11.6 Å². The van der Waals surface area contributed by atoms with Crippen LogP contribution in [0.15, 0.2) is 41.4 Å². The van der Waals surface area contributed by atoms with Gasteiger partial charge >= 0.3 is 0 Å². The molecule has 0 unspecified atom stereocenters. The summed E-state index contributed by atoms with van der Waals surface area (Å²) in [5, 5.41) is 3.94. The van der Waals surface area contributed by atoms with E-state index >= 15 is 0 Å². The van der Waals surface area contributed by atoms with Crippen molar-refractivity contribution in [2.45, 2.75) is 13.3 Å². The number of guanidine groups is 1. The molecule has 2 heterocycles. The first-order valence-corrected chi connectivity index (χ1v) is 8.28. The zero-order valence-corrected chi connectivity index (χ0v) is 14.6. The minimum atomic E-state index is 0.260. The monoisotopic (exact) mass is 349 g/mol. The molecule has 0 saturated carbocycles. The highest BCUT2D eigenvalue weighted by molar-refractivity contribution is 5.99. The molecule has 0 radical (unpaired) electrons. The van der Waals surface area contributed by atoms with Crippen molar-refractivity contribution in [2.24, 2.45) is 10.7 Å². The van der Waals surface area contributed by atoms with Crippen LogP contribution in [-0.4, -0.2) is 29.8 Å². The van der Waals surface area contributed by atoms with Crippen molar-refractivity contribution >= 4 is 22.7 Å². The van der Waals surface area contributed by atoms with Crippen molar-refractivity contribution in [3.05, 3.63) is 53.3 Å². The molecular formula is C19H19N5O2. The number of nitrogens with one attached hydrogen (secondary N) is 1. The molecule has 3 aromatic rings. The lowest BCUT2D eigenvalue weighted by atomic mass is 10.0. The summed E-state index contributed by atoms with van der Waals surface area (Å²) in [7, 11) is 1.63. The Hall–Kier alpha value is -3.35. The average molecular weight is 349 g/mol. The molecule has 0 aliphatic carbocycles. The molecule has 0 fully saturated rings. The fourth-order valence-electron chi connectivity index (χ4n) is 2.99. The highest BCUT2D eigenvalue weighted by Crippen LogP contribution is 2.37. The number of rotatable bonds is 3. The van der Waals surface area contributed by atoms with Gasteiger partial charge in [-0.2, -0.15) is 0 Å². The molecule has 4 rings (SSSR count). The Labute approximate surface area is 150 Å². The van der Waals surface area contributed by atoms with Crippen molar-refractivity contribution in [2.75, 3.05) is 19.2 Å². The van der Waals surface area contributed by atoms with Gasteiger partial charge in [-0.05, 0) is 36.2 Å². The van der Waals surface area contributed by atoms with Crippen molar-refractivity contribution in [3.63, 3.8) is 0 Å². The van der Waals surface area contributed by atoms with Crippen LogP contribution in [0.3, 0.4) is 0 Å². The van der Waals surface area contributed by atoms with Gasteiger partial charge in [-0.15, -0.1) is 0 Å². The van der Waals surface area contributed by atoms with Crippen LogP contribution in [0.4, 0.5) is 5.82 Å². The van der Waals surface area contributed by atoms with E-state index in [4.69, 9.17) is 20.2 Å². The third kappa shape index (κ3) is 2.88. The van der Waals surface area contributed by atoms with Crippen LogP contribution in [0.25, 0.3) is 10.9 Å². The lowest BCUT2D eigenvalue weighted by molar-refractivity contribution is 0.173. The summed E-state index contributed by atoms with van der Waals surface area (Å²) >= 11 is 0. The number of benzene rings is 2. The first-order chi connectivity index (χ1) is 12.7. The number of hydrogen-bond acceptors (Lipinski definition) is 5. The maximum atomic E-state index is 5.83. The van der Waals surface area contributed by atoms with E-state index in [-0.39, 0.29) is 6.79 Å². The van der Waals surface area contributed by atoms with Gasteiger partial charge in [0.25, 0.3) is 0 Å². The van der Waals surface area contributed by atoms with E-state index < -0.39 is 0 Å². The minimum absolute atomic E-state index is 0.260. The maximum absolute atomic E-state index is 5.83. The number of nitrogens with two attached hydrogens (primary N) is 1. The molecular weight excluding hydrogens is 330 g/mol. The number of ether oxygens (including phenoxy) is 2. The molecule has 26 heavy (non-hydrogen) atoms. The predicted molar refractivity (Wildman–Crippen MR) is 101 cm³/mol. The summed E-state index contributed by atoms with van der Waals surface area (Å²) in [5.41, 5.74) is 8.81. The molecule has 0 spiro atoms. The normalized spacial score (nSPS) is 13.2. The van der Waals surface area contributed by atoms with Gasteiger partial charge in [-0.3, -0.25) is 4.99 Å². The topological polar surface area (TPSA) is 94.7 Å². The van der Waals surface area contributed by atoms with E-state index in [1.807, 2.05) is 43.3 Å². The van der Waals surface area contributed by atoms with E-state index in [0.29, 0.717) is 24.0 Å². The smallest absolute Gasteiger partial charge is 0.231 e. The molecule has 0 atom stereocenters. The average Bonchev–Trinajstić information content (AvgIpc) is 3.13. The van der Waals surface area contributed by atoms with Gasteiger partial charge < -0.3 is 20.5 Å². The third-order valence-corrected chi connectivity index (χ3v) is 4.39. The molecule has 1 aliphatic heterocycles. The minimum Gasteiger partial charge on any atom is -0.454 e. The highest BCUT2D eigenvalue weighted by atomic mass is 16.7. The number of para-hydroxylation sites is 1. The van der Waals surface area contributed by atoms with Crippen LogP contribution in [0, 0.1) is 6.92 Å². The summed E-state index contributed by atoms with van der Waals surface area (Å²) in [4.78, 5) is 13.3. The van der Waals surface area contributed by atoms with Crippen LogP contribution in [0.2, 0.25) is 0 Å². The summed E-state index contributed by atoms with van der Waals surface area (Å²) < 4.78 is 11.0. The number of anilines is 1. The number of nitrogens with zero attached hydrogens (tertiary/aromatic N) is 3. The van der Waals surface area contributed by atoms with Crippen LogP contribution in [-0.2, 0) is 6.42 Å². The van der Waals surface area contributed by atoms with Crippen LogP contribution in [0.5, 0.6) is 11.5 Å². The Morgan fingerprint density at radius 3 is 2.88 bits per heavy atom. The number of hydrogen-bond donors (Lipinski definition) is 2. The zero-order chi connectivity index (χ0) is 18.1. The van der Waals surface area contributed by atoms with Crippen molar-refractivity contribution in [1.82, 2.24) is 9.97 Å². The third-order valence-electron chi connectivity index (χ3n) is 4.39. The highest BCUT2D eigenvalue weighted by Gasteiger charge is 2.19. The lowest BCUT2D eigenvalue weighted by Gasteiger charge is -2.12. The van der Waals surface area contributed by atoms with Gasteiger partial charge in [-0.25, -0.2) is 9.97 Å². The van der Waals surface area contributed by atoms with Gasteiger partial charge in [-0.1, -0.05) is 18.2 Å². The summed E-state index contributed by atoms with van der Waals surface area (Å²) in [6.45, 7) is 2.28. The Morgan fingerprint density at radius 2 is 2.04 bits per heavy atom. The first kappa shape index (κ1) is 16.1. The fourth-order valence-corrected chi connectivity index (χ4v) is 2.99. The summed E-state index contributed by atoms with van der Waals surface area (Å²) in [6, 6.07) is 11.8. The molecule has 1 aliphatic rings. The Kier molecular flexibility index (Phi) is 4.04. The Bertz CT molecular complexity index is 1020. The second kappa shape index (κ2) is 6.51. The molecule has 3 N–H and O–H groups in total. The quantitative estimate of drug-likeness (QED) is 0.557. The SMILES string of the molecule is CN=C(N)Nc1nc(Cc2ccc3c(c2C)OCO3)nc2ccccc12. The van der Waals surface area contributed by atoms with E-state index in [1.165, 1.54) is 0 Å². The lowest BCUT2D eigenvalue weighted by Crippen LogP contribution is -2.23. The van der Waals surface area contributed by atoms with Gasteiger partial charge in [0.2, 0.25) is 6.79 Å². The largest absolute Gasteiger partial charge is 0.454 e. The predicted octanol–water partition coefficient (Wildman–Crippen LogP) is 2.61. The van der Waals surface area contributed by atoms with E-state index in [0.717, 1.165) is 33.5 Å². The summed E-state index contributed by atoms with van der Waals surface area (Å²) in [5.74, 6) is 3.21. The number of aliphatic imine (C=N–C) groups is 1. The molecule has 0 amide bonds. The van der Waals surface area contributed by atoms with Gasteiger partial charge in [0, 0.05) is 18.9 Å². The van der Waals surface area contributed by atoms with Crippen LogP contribution in [0.1, 0.15) is 17.0 Å². The number of fused-ring (bicyclic) bond motifs is 2. The Balaban J connectivity index is 1.75. The standard InChI is InChI=1S/C19H19N5O2/c1-11-12(7-8-15-17(11)26-10-25-15)9-16-22-14-6-4-3-5-13(14)18(23-16)24-19(20)21-2/h3-8H,9-10H2,1-2H3,(H3,20,21,22,23,24). The molecule has 2 aromatic carbocycles. The second-order valence-corrected chi connectivity index (χ2v) is 6.00.